The second-order valence-corrected chi connectivity index (χ2v) is 12.6. The van der Waals surface area contributed by atoms with E-state index >= 15 is 0 Å². The molecule has 0 N–H and O–H groups in total. The lowest BCUT2D eigenvalue weighted by Crippen LogP contribution is -2.07. The molecule has 0 radical (unpaired) electrons. The van der Waals surface area contributed by atoms with Crippen molar-refractivity contribution in [3.05, 3.63) is 187 Å². The second-order valence-electron chi connectivity index (χ2n) is 12.6. The van der Waals surface area contributed by atoms with Gasteiger partial charge in [0.25, 0.3) is 0 Å². The number of rotatable bonds is 8. The summed E-state index contributed by atoms with van der Waals surface area (Å²) < 4.78 is 6.40. The van der Waals surface area contributed by atoms with Crippen molar-refractivity contribution in [3.63, 3.8) is 0 Å². The van der Waals surface area contributed by atoms with E-state index in [0.717, 1.165) is 66.6 Å². The summed E-state index contributed by atoms with van der Waals surface area (Å²) in [7, 11) is 0. The van der Waals surface area contributed by atoms with E-state index in [0.29, 0.717) is 23.3 Å². The van der Waals surface area contributed by atoms with E-state index < -0.39 is 0 Å². The minimum Gasteiger partial charge on any atom is -0.455 e. The van der Waals surface area contributed by atoms with E-state index in [1.165, 1.54) is 0 Å². The van der Waals surface area contributed by atoms with E-state index in [1.807, 2.05) is 128 Å². The molecule has 0 bridgehead atoms. The van der Waals surface area contributed by atoms with E-state index in [1.54, 1.807) is 0 Å². The third kappa shape index (κ3) is 6.45. The molecule has 52 heavy (non-hydrogen) atoms. The average molecular weight is 674 g/mol. The molecule has 0 saturated carbocycles. The SMILES string of the molecule is C=CC(/N=C(\N=C(/C)c1ccccc1)c1ccccc1)c1cc(-c2nc(-c3ccccc3)nc(-c3cccc4c3oc3ccccc34)n2)ccc1C. The first-order valence-corrected chi connectivity index (χ1v) is 17.3. The number of hydrogen-bond acceptors (Lipinski definition) is 5. The van der Waals surface area contributed by atoms with Crippen molar-refractivity contribution in [2.24, 2.45) is 9.98 Å². The van der Waals surface area contributed by atoms with E-state index in [-0.39, 0.29) is 6.04 Å². The molecular weight excluding hydrogens is 639 g/mol. The van der Waals surface area contributed by atoms with Crippen LogP contribution in [0.1, 0.15) is 35.2 Å². The fraction of sp³-hybridized carbons (Fsp3) is 0.0652. The molecule has 6 nitrogen and oxygen atoms in total. The third-order valence-electron chi connectivity index (χ3n) is 9.15. The Hall–Kier alpha value is -6.79. The molecule has 250 valence electrons. The van der Waals surface area contributed by atoms with Crippen LogP contribution in [-0.4, -0.2) is 26.5 Å². The molecule has 0 saturated heterocycles. The number of amidine groups is 1. The van der Waals surface area contributed by atoms with Crippen LogP contribution in [-0.2, 0) is 0 Å². The molecule has 6 heteroatoms. The Balaban J connectivity index is 1.27. The lowest BCUT2D eigenvalue weighted by atomic mass is 9.98. The molecule has 1 unspecified atom stereocenters. The van der Waals surface area contributed by atoms with Gasteiger partial charge in [-0.25, -0.2) is 19.9 Å². The number of fused-ring (bicyclic) bond motifs is 3. The van der Waals surface area contributed by atoms with E-state index in [2.05, 4.69) is 49.9 Å². The molecule has 0 amide bonds. The molecule has 0 fully saturated rings. The average Bonchev–Trinajstić information content (AvgIpc) is 3.59. The lowest BCUT2D eigenvalue weighted by molar-refractivity contribution is 0.669. The molecule has 0 aliphatic carbocycles. The lowest BCUT2D eigenvalue weighted by Gasteiger charge is -2.16. The Kier molecular flexibility index (Phi) is 8.86. The summed E-state index contributed by atoms with van der Waals surface area (Å²) in [5.41, 5.74) is 8.98. The molecule has 2 aromatic heterocycles. The number of benzene rings is 6. The van der Waals surface area contributed by atoms with Crippen LogP contribution in [0.3, 0.4) is 0 Å². The highest BCUT2D eigenvalue weighted by Gasteiger charge is 2.19. The molecular formula is C46H35N5O. The molecule has 2 heterocycles. The summed E-state index contributed by atoms with van der Waals surface area (Å²) in [5, 5.41) is 2.06. The van der Waals surface area contributed by atoms with Gasteiger partial charge in [-0.1, -0.05) is 140 Å². The molecule has 0 aliphatic rings. The van der Waals surface area contributed by atoms with Crippen molar-refractivity contribution < 1.29 is 4.42 Å². The molecule has 1 atom stereocenters. The van der Waals surface area contributed by atoms with Crippen molar-refractivity contribution in [1.29, 1.82) is 0 Å². The normalized spacial score (nSPS) is 12.7. The number of nitrogens with zero attached hydrogens (tertiary/aromatic N) is 5. The fourth-order valence-electron chi connectivity index (χ4n) is 6.40. The third-order valence-corrected chi connectivity index (χ3v) is 9.15. The number of furan rings is 1. The Bertz CT molecular complexity index is 2610. The van der Waals surface area contributed by atoms with E-state index in [9.17, 15) is 0 Å². The zero-order valence-corrected chi connectivity index (χ0v) is 28.9. The zero-order chi connectivity index (χ0) is 35.4. The largest absolute Gasteiger partial charge is 0.455 e. The van der Waals surface area contributed by atoms with Gasteiger partial charge in [-0.15, -0.1) is 6.58 Å². The van der Waals surface area contributed by atoms with Crippen LogP contribution in [0.15, 0.2) is 179 Å². The van der Waals surface area contributed by atoms with Gasteiger partial charge in [0.05, 0.1) is 11.6 Å². The smallest absolute Gasteiger partial charge is 0.167 e. The number of aryl methyl sites for hydroxylation is 1. The first-order valence-electron chi connectivity index (χ1n) is 17.3. The first kappa shape index (κ1) is 32.4. The van der Waals surface area contributed by atoms with Crippen LogP contribution in [0.25, 0.3) is 56.1 Å². The first-order chi connectivity index (χ1) is 25.6. The van der Waals surface area contributed by atoms with Crippen LogP contribution in [0, 0.1) is 6.92 Å². The van der Waals surface area contributed by atoms with Gasteiger partial charge in [0, 0.05) is 33.2 Å². The summed E-state index contributed by atoms with van der Waals surface area (Å²) in [5.74, 6) is 2.29. The van der Waals surface area contributed by atoms with Crippen molar-refractivity contribution in [2.45, 2.75) is 19.9 Å². The van der Waals surface area contributed by atoms with Gasteiger partial charge in [0.15, 0.2) is 23.3 Å². The van der Waals surface area contributed by atoms with Crippen molar-refractivity contribution in [1.82, 2.24) is 15.0 Å². The maximum absolute atomic E-state index is 6.40. The highest BCUT2D eigenvalue weighted by Crippen LogP contribution is 2.36. The molecule has 8 aromatic rings. The standard InChI is InChI=1S/C46H35N5O/c1-4-40(48-43(33-19-10-6-11-20-33)47-31(3)32-17-8-5-9-18-32)39-29-35(28-27-30(39)2)45-49-44(34-21-12-7-13-22-34)50-46(51-45)38-25-16-24-37-36-23-14-15-26-41(36)52-42(37)38/h4-29,40H,1H2,2-3H3/b47-31+,48-43-. The number of aromatic nitrogens is 3. The van der Waals surface area contributed by atoms with Gasteiger partial charge in [-0.2, -0.15) is 0 Å². The van der Waals surface area contributed by atoms with Crippen LogP contribution >= 0.6 is 0 Å². The van der Waals surface area contributed by atoms with Gasteiger partial charge >= 0.3 is 0 Å². The number of para-hydroxylation sites is 2. The number of hydrogen-bond donors (Lipinski definition) is 0. The van der Waals surface area contributed by atoms with Gasteiger partial charge in [-0.05, 0) is 48.7 Å². The summed E-state index contributed by atoms with van der Waals surface area (Å²) in [4.78, 5) is 25.4. The van der Waals surface area contributed by atoms with Gasteiger partial charge in [0.1, 0.15) is 11.2 Å². The van der Waals surface area contributed by atoms with Crippen LogP contribution in [0.5, 0.6) is 0 Å². The van der Waals surface area contributed by atoms with Crippen LogP contribution < -0.4 is 0 Å². The summed E-state index contributed by atoms with van der Waals surface area (Å²) in [6, 6.07) is 50.2. The maximum atomic E-state index is 6.40. The summed E-state index contributed by atoms with van der Waals surface area (Å²) >= 11 is 0. The van der Waals surface area contributed by atoms with Crippen molar-refractivity contribution >= 4 is 33.5 Å². The molecule has 6 aromatic carbocycles. The minimum atomic E-state index is -0.387. The summed E-state index contributed by atoms with van der Waals surface area (Å²) in [6.07, 6.45) is 1.86. The Labute approximate surface area is 302 Å². The Morgan fingerprint density at radius 2 is 1.25 bits per heavy atom. The zero-order valence-electron chi connectivity index (χ0n) is 28.9. The second kappa shape index (κ2) is 14.2. The monoisotopic (exact) mass is 673 g/mol. The summed E-state index contributed by atoms with van der Waals surface area (Å²) in [6.45, 7) is 8.31. The van der Waals surface area contributed by atoms with Gasteiger partial charge in [0.2, 0.25) is 0 Å². The molecule has 0 spiro atoms. The Morgan fingerprint density at radius 3 is 1.98 bits per heavy atom. The number of aliphatic imine (C=N–C) groups is 2. The predicted molar refractivity (Wildman–Crippen MR) is 213 cm³/mol. The maximum Gasteiger partial charge on any atom is 0.167 e. The quantitative estimate of drug-likeness (QED) is 0.0914. The van der Waals surface area contributed by atoms with E-state index in [4.69, 9.17) is 29.4 Å². The predicted octanol–water partition coefficient (Wildman–Crippen LogP) is 11.3. The van der Waals surface area contributed by atoms with Crippen LogP contribution in [0.4, 0.5) is 0 Å². The Morgan fingerprint density at radius 1 is 0.635 bits per heavy atom. The van der Waals surface area contributed by atoms with Crippen LogP contribution in [0.2, 0.25) is 0 Å². The molecule has 0 aliphatic heterocycles. The van der Waals surface area contributed by atoms with Crippen molar-refractivity contribution in [2.75, 3.05) is 0 Å². The van der Waals surface area contributed by atoms with Gasteiger partial charge < -0.3 is 4.42 Å². The topological polar surface area (TPSA) is 76.5 Å². The molecule has 8 rings (SSSR count). The highest BCUT2D eigenvalue weighted by molar-refractivity contribution is 6.11. The highest BCUT2D eigenvalue weighted by atomic mass is 16.3. The fourth-order valence-corrected chi connectivity index (χ4v) is 6.40. The minimum absolute atomic E-state index is 0.387. The van der Waals surface area contributed by atoms with Crippen molar-refractivity contribution in [3.8, 4) is 34.2 Å². The van der Waals surface area contributed by atoms with Gasteiger partial charge in [-0.3, -0.25) is 4.99 Å².